The standard InChI is InChI=1S/C15H24N4O5S/c1-12(2)5-4-8-16-15(20)17-9-10-18-25(23,24)14-7-3-6-13(11-14)19(21)22/h3,6-7,11-12,18H,4-5,8-10H2,1-2H3,(H2,16,17,20). The van der Waals surface area contributed by atoms with E-state index in [2.05, 4.69) is 29.2 Å². The molecule has 140 valence electrons. The van der Waals surface area contributed by atoms with Gasteiger partial charge in [-0.2, -0.15) is 0 Å². The van der Waals surface area contributed by atoms with Gasteiger partial charge < -0.3 is 10.6 Å². The Morgan fingerprint density at radius 2 is 1.88 bits per heavy atom. The number of carbonyl (C=O) groups is 1. The molecule has 0 fully saturated rings. The second kappa shape index (κ2) is 9.94. The zero-order valence-corrected chi connectivity index (χ0v) is 15.1. The van der Waals surface area contributed by atoms with Gasteiger partial charge in [-0.05, 0) is 24.8 Å². The Labute approximate surface area is 147 Å². The minimum Gasteiger partial charge on any atom is -0.338 e. The zero-order chi connectivity index (χ0) is 18.9. The number of nitro groups is 1. The molecule has 0 unspecified atom stereocenters. The molecule has 0 aromatic heterocycles. The van der Waals surface area contributed by atoms with Gasteiger partial charge in [-0.15, -0.1) is 0 Å². The van der Waals surface area contributed by atoms with Gasteiger partial charge in [0.15, 0.2) is 0 Å². The molecule has 0 spiro atoms. The molecule has 2 amide bonds. The monoisotopic (exact) mass is 372 g/mol. The highest BCUT2D eigenvalue weighted by Crippen LogP contribution is 2.16. The second-order valence-corrected chi connectivity index (χ2v) is 7.64. The van der Waals surface area contributed by atoms with Gasteiger partial charge in [0, 0.05) is 31.8 Å². The van der Waals surface area contributed by atoms with Gasteiger partial charge in [0.25, 0.3) is 5.69 Å². The van der Waals surface area contributed by atoms with Crippen LogP contribution in [0.5, 0.6) is 0 Å². The lowest BCUT2D eigenvalue weighted by molar-refractivity contribution is -0.385. The van der Waals surface area contributed by atoms with Crippen LogP contribution in [0.2, 0.25) is 0 Å². The van der Waals surface area contributed by atoms with Gasteiger partial charge in [0.2, 0.25) is 10.0 Å². The Kier molecular flexibility index (Phi) is 8.29. The van der Waals surface area contributed by atoms with E-state index in [1.165, 1.54) is 18.2 Å². The van der Waals surface area contributed by atoms with Crippen LogP contribution in [-0.4, -0.2) is 39.0 Å². The number of benzene rings is 1. The lowest BCUT2D eigenvalue weighted by Gasteiger charge is -2.10. The molecule has 0 saturated carbocycles. The van der Waals surface area contributed by atoms with Crippen molar-refractivity contribution in [1.29, 1.82) is 0 Å². The fraction of sp³-hybridized carbons (Fsp3) is 0.533. The van der Waals surface area contributed by atoms with Gasteiger partial charge >= 0.3 is 6.03 Å². The Bertz CT molecular complexity index is 691. The molecule has 1 aromatic rings. The predicted octanol–water partition coefficient (Wildman–Crippen LogP) is 1.61. The number of nitrogens with zero attached hydrogens (tertiary/aromatic N) is 1. The molecule has 0 saturated heterocycles. The van der Waals surface area contributed by atoms with Crippen molar-refractivity contribution in [2.24, 2.45) is 5.92 Å². The first-order chi connectivity index (χ1) is 11.7. The van der Waals surface area contributed by atoms with Crippen molar-refractivity contribution in [2.45, 2.75) is 31.6 Å². The van der Waals surface area contributed by atoms with E-state index in [0.717, 1.165) is 18.9 Å². The molecule has 0 atom stereocenters. The van der Waals surface area contributed by atoms with Crippen molar-refractivity contribution in [3.05, 3.63) is 34.4 Å². The van der Waals surface area contributed by atoms with Gasteiger partial charge in [-0.3, -0.25) is 10.1 Å². The highest BCUT2D eigenvalue weighted by atomic mass is 32.2. The Balaban J connectivity index is 2.36. The third kappa shape index (κ3) is 7.94. The fourth-order valence-corrected chi connectivity index (χ4v) is 3.05. The van der Waals surface area contributed by atoms with E-state index in [4.69, 9.17) is 0 Å². The molecule has 9 nitrogen and oxygen atoms in total. The van der Waals surface area contributed by atoms with Crippen LogP contribution in [0, 0.1) is 16.0 Å². The number of non-ortho nitro benzene ring substituents is 1. The molecule has 1 rings (SSSR count). The number of nitro benzene ring substituents is 1. The lowest BCUT2D eigenvalue weighted by Crippen LogP contribution is -2.40. The minimum atomic E-state index is -3.87. The number of carbonyl (C=O) groups excluding carboxylic acids is 1. The SMILES string of the molecule is CC(C)CCCNC(=O)NCCNS(=O)(=O)c1cccc([N+](=O)[O-])c1. The lowest BCUT2D eigenvalue weighted by atomic mass is 10.1. The van der Waals surface area contributed by atoms with Gasteiger partial charge in [0.1, 0.15) is 0 Å². The predicted molar refractivity (Wildman–Crippen MR) is 93.8 cm³/mol. The van der Waals surface area contributed by atoms with Crippen LogP contribution in [0.4, 0.5) is 10.5 Å². The number of nitrogens with one attached hydrogen (secondary N) is 3. The first kappa shape index (κ1) is 20.8. The molecule has 1 aromatic carbocycles. The van der Waals surface area contributed by atoms with Crippen LogP contribution in [0.3, 0.4) is 0 Å². The molecular weight excluding hydrogens is 348 g/mol. The highest BCUT2D eigenvalue weighted by Gasteiger charge is 2.17. The average Bonchev–Trinajstić information content (AvgIpc) is 2.55. The summed E-state index contributed by atoms with van der Waals surface area (Å²) in [6, 6.07) is 4.40. The summed E-state index contributed by atoms with van der Waals surface area (Å²) in [7, 11) is -3.87. The summed E-state index contributed by atoms with van der Waals surface area (Å²) in [5.74, 6) is 0.577. The van der Waals surface area contributed by atoms with Crippen LogP contribution >= 0.6 is 0 Å². The van der Waals surface area contributed by atoms with Gasteiger partial charge in [-0.1, -0.05) is 19.9 Å². The third-order valence-electron chi connectivity index (χ3n) is 3.29. The molecule has 0 radical (unpaired) electrons. The van der Waals surface area contributed by atoms with E-state index in [0.29, 0.717) is 12.5 Å². The summed E-state index contributed by atoms with van der Waals surface area (Å²) < 4.78 is 26.4. The van der Waals surface area contributed by atoms with Crippen molar-refractivity contribution < 1.29 is 18.1 Å². The van der Waals surface area contributed by atoms with E-state index in [9.17, 15) is 23.3 Å². The van der Waals surface area contributed by atoms with Crippen LogP contribution in [0.15, 0.2) is 29.2 Å². The molecule has 0 aliphatic heterocycles. The largest absolute Gasteiger partial charge is 0.338 e. The molecule has 0 aliphatic rings. The minimum absolute atomic E-state index is 0.0234. The number of rotatable bonds is 10. The summed E-state index contributed by atoms with van der Waals surface area (Å²) in [4.78, 5) is 21.4. The quantitative estimate of drug-likeness (QED) is 0.326. The normalized spacial score (nSPS) is 11.3. The number of hydrogen-bond acceptors (Lipinski definition) is 5. The number of amides is 2. The van der Waals surface area contributed by atoms with Gasteiger partial charge in [0.05, 0.1) is 9.82 Å². The molecule has 10 heteroatoms. The number of sulfonamides is 1. The van der Waals surface area contributed by atoms with E-state index >= 15 is 0 Å². The van der Waals surface area contributed by atoms with Crippen molar-refractivity contribution in [3.8, 4) is 0 Å². The second-order valence-electron chi connectivity index (χ2n) is 5.87. The summed E-state index contributed by atoms with van der Waals surface area (Å²) in [5, 5.41) is 15.9. The highest BCUT2D eigenvalue weighted by molar-refractivity contribution is 7.89. The fourth-order valence-electron chi connectivity index (χ4n) is 1.98. The van der Waals surface area contributed by atoms with Gasteiger partial charge in [-0.25, -0.2) is 17.9 Å². The topological polar surface area (TPSA) is 130 Å². The summed E-state index contributed by atoms with van der Waals surface area (Å²) in [6.45, 7) is 4.85. The first-order valence-corrected chi connectivity index (χ1v) is 9.46. The van der Waals surface area contributed by atoms with Crippen molar-refractivity contribution in [2.75, 3.05) is 19.6 Å². The first-order valence-electron chi connectivity index (χ1n) is 7.98. The summed E-state index contributed by atoms with van der Waals surface area (Å²) in [6.07, 6.45) is 1.90. The van der Waals surface area contributed by atoms with E-state index in [1.54, 1.807) is 0 Å². The van der Waals surface area contributed by atoms with Crippen LogP contribution < -0.4 is 15.4 Å². The zero-order valence-electron chi connectivity index (χ0n) is 14.3. The maximum Gasteiger partial charge on any atom is 0.314 e. The van der Waals surface area contributed by atoms with Crippen LogP contribution in [0.1, 0.15) is 26.7 Å². The van der Waals surface area contributed by atoms with E-state index in [1.807, 2.05) is 0 Å². The van der Waals surface area contributed by atoms with Crippen LogP contribution in [0.25, 0.3) is 0 Å². The smallest absolute Gasteiger partial charge is 0.314 e. The van der Waals surface area contributed by atoms with E-state index < -0.39 is 14.9 Å². The molecule has 3 N–H and O–H groups in total. The molecule has 0 heterocycles. The maximum absolute atomic E-state index is 12.1. The average molecular weight is 372 g/mol. The third-order valence-corrected chi connectivity index (χ3v) is 4.74. The Morgan fingerprint density at radius 1 is 1.20 bits per heavy atom. The molecular formula is C15H24N4O5S. The molecule has 0 aliphatic carbocycles. The van der Waals surface area contributed by atoms with Crippen molar-refractivity contribution in [3.63, 3.8) is 0 Å². The Morgan fingerprint density at radius 3 is 2.52 bits per heavy atom. The van der Waals surface area contributed by atoms with Crippen LogP contribution in [-0.2, 0) is 10.0 Å². The summed E-state index contributed by atoms with van der Waals surface area (Å²) in [5.41, 5.74) is -0.304. The number of hydrogen-bond donors (Lipinski definition) is 3. The summed E-state index contributed by atoms with van der Waals surface area (Å²) >= 11 is 0. The number of urea groups is 1. The van der Waals surface area contributed by atoms with E-state index in [-0.39, 0.29) is 29.7 Å². The molecule has 0 bridgehead atoms. The van der Waals surface area contributed by atoms with Crippen molar-refractivity contribution >= 4 is 21.7 Å². The van der Waals surface area contributed by atoms with Crippen molar-refractivity contribution in [1.82, 2.24) is 15.4 Å². The maximum atomic E-state index is 12.1. The molecule has 25 heavy (non-hydrogen) atoms. The Hall–Kier alpha value is -2.20.